The Morgan fingerprint density at radius 3 is 2.48 bits per heavy atom. The molecule has 2 aromatic carbocycles. The summed E-state index contributed by atoms with van der Waals surface area (Å²) < 4.78 is 0. The molecule has 0 saturated carbocycles. The lowest BCUT2D eigenvalue weighted by Crippen LogP contribution is -2.62. The third-order valence-electron chi connectivity index (χ3n) is 4.18. The number of thioether (sulfide) groups is 1. The van der Waals surface area contributed by atoms with Crippen LogP contribution < -0.4 is 10.6 Å². The molecule has 23 heavy (non-hydrogen) atoms. The van der Waals surface area contributed by atoms with E-state index in [1.54, 1.807) is 11.8 Å². The van der Waals surface area contributed by atoms with E-state index in [2.05, 4.69) is 28.8 Å². The number of benzene rings is 2. The molecule has 1 saturated heterocycles. The summed E-state index contributed by atoms with van der Waals surface area (Å²) in [6, 6.07) is 13.2. The van der Waals surface area contributed by atoms with Crippen LogP contribution in [0.5, 0.6) is 0 Å². The molecule has 2 aromatic rings. The number of rotatable bonds is 5. The van der Waals surface area contributed by atoms with E-state index in [4.69, 9.17) is 0 Å². The molecule has 2 N–H and O–H groups in total. The van der Waals surface area contributed by atoms with Gasteiger partial charge in [0.25, 0.3) is 0 Å². The quantitative estimate of drug-likeness (QED) is 0.884. The number of nitrogens with one attached hydrogen (secondary N) is 2. The molecule has 5 heteroatoms. The van der Waals surface area contributed by atoms with Crippen LogP contribution in [0, 0.1) is 0 Å². The van der Waals surface area contributed by atoms with Gasteiger partial charge in [-0.15, -0.1) is 0 Å². The zero-order valence-electron chi connectivity index (χ0n) is 13.0. The van der Waals surface area contributed by atoms with Gasteiger partial charge in [-0.1, -0.05) is 42.5 Å². The maximum atomic E-state index is 12.3. The maximum absolute atomic E-state index is 12.3. The molecule has 1 heterocycles. The fraction of sp³-hybridized carbons (Fsp3) is 0.333. The smallest absolute Gasteiger partial charge is 0.243 e. The van der Waals surface area contributed by atoms with Crippen LogP contribution in [0.3, 0.4) is 0 Å². The number of fused-ring (bicyclic) bond motifs is 1. The lowest BCUT2D eigenvalue weighted by molar-refractivity contribution is -0.136. The number of amides is 2. The first-order valence-corrected chi connectivity index (χ1v) is 9.15. The van der Waals surface area contributed by atoms with Crippen molar-refractivity contribution in [3.05, 3.63) is 48.0 Å². The van der Waals surface area contributed by atoms with Crippen molar-refractivity contribution in [2.45, 2.75) is 24.9 Å². The predicted octanol–water partition coefficient (Wildman–Crippen LogP) is 2.12. The minimum Gasteiger partial charge on any atom is -0.342 e. The molecule has 0 aromatic heterocycles. The van der Waals surface area contributed by atoms with Crippen LogP contribution >= 0.6 is 11.8 Å². The second-order valence-electron chi connectivity index (χ2n) is 5.75. The molecule has 1 aliphatic heterocycles. The molecule has 1 aliphatic rings. The van der Waals surface area contributed by atoms with Gasteiger partial charge in [-0.2, -0.15) is 11.8 Å². The summed E-state index contributed by atoms with van der Waals surface area (Å²) in [5, 5.41) is 8.00. The third kappa shape index (κ3) is 3.50. The Balaban J connectivity index is 1.75. The molecular formula is C18H20N2O2S. The largest absolute Gasteiger partial charge is 0.342 e. The second kappa shape index (κ2) is 7.04. The third-order valence-corrected chi connectivity index (χ3v) is 4.82. The highest BCUT2D eigenvalue weighted by Gasteiger charge is 2.33. The van der Waals surface area contributed by atoms with E-state index in [1.165, 1.54) is 0 Å². The topological polar surface area (TPSA) is 58.2 Å². The van der Waals surface area contributed by atoms with Crippen molar-refractivity contribution in [2.75, 3.05) is 12.0 Å². The highest BCUT2D eigenvalue weighted by Crippen LogP contribution is 2.20. The van der Waals surface area contributed by atoms with Gasteiger partial charge >= 0.3 is 0 Å². The molecule has 2 amide bonds. The molecule has 2 atom stereocenters. The van der Waals surface area contributed by atoms with Crippen LogP contribution in [-0.4, -0.2) is 35.9 Å². The summed E-state index contributed by atoms with van der Waals surface area (Å²) in [7, 11) is 0. The average Bonchev–Trinajstić information content (AvgIpc) is 2.57. The lowest BCUT2D eigenvalue weighted by atomic mass is 9.96. The van der Waals surface area contributed by atoms with Gasteiger partial charge in [0, 0.05) is 6.42 Å². The fourth-order valence-corrected chi connectivity index (χ4v) is 3.42. The summed E-state index contributed by atoms with van der Waals surface area (Å²) >= 11 is 1.67. The van der Waals surface area contributed by atoms with Gasteiger partial charge in [-0.05, 0) is 34.8 Å². The standard InChI is InChI=1S/C18H20N2O2S/c1-23-10-9-15-17(21)20-16(18(22)19-15)11-13-7-4-6-12-5-2-3-8-14(12)13/h2-8,15-16H,9-11H2,1H3,(H,19,22)(H,20,21)/t15-,16-/m0/s1. The molecule has 4 nitrogen and oxygen atoms in total. The van der Waals surface area contributed by atoms with E-state index in [-0.39, 0.29) is 11.8 Å². The van der Waals surface area contributed by atoms with E-state index < -0.39 is 12.1 Å². The number of piperazine rings is 1. The van der Waals surface area contributed by atoms with Gasteiger partial charge < -0.3 is 10.6 Å². The first-order chi connectivity index (χ1) is 11.2. The first-order valence-electron chi connectivity index (χ1n) is 7.75. The van der Waals surface area contributed by atoms with E-state index in [0.717, 1.165) is 22.1 Å². The van der Waals surface area contributed by atoms with Crippen molar-refractivity contribution in [3.63, 3.8) is 0 Å². The molecule has 3 rings (SSSR count). The van der Waals surface area contributed by atoms with Gasteiger partial charge in [-0.25, -0.2) is 0 Å². The van der Waals surface area contributed by atoms with Crippen molar-refractivity contribution >= 4 is 34.3 Å². The van der Waals surface area contributed by atoms with Gasteiger partial charge in [0.2, 0.25) is 11.8 Å². The SMILES string of the molecule is CSCC[C@@H]1NC(=O)[C@H](Cc2cccc3ccccc23)NC1=O. The van der Waals surface area contributed by atoms with Gasteiger partial charge in [0.05, 0.1) is 0 Å². The van der Waals surface area contributed by atoms with Crippen molar-refractivity contribution in [3.8, 4) is 0 Å². The summed E-state index contributed by atoms with van der Waals surface area (Å²) in [5.41, 5.74) is 1.08. The molecule has 0 radical (unpaired) electrons. The zero-order valence-corrected chi connectivity index (χ0v) is 13.9. The van der Waals surface area contributed by atoms with Crippen molar-refractivity contribution < 1.29 is 9.59 Å². The van der Waals surface area contributed by atoms with Crippen LogP contribution in [0.4, 0.5) is 0 Å². The van der Waals surface area contributed by atoms with Crippen molar-refractivity contribution in [1.82, 2.24) is 10.6 Å². The van der Waals surface area contributed by atoms with E-state index >= 15 is 0 Å². The van der Waals surface area contributed by atoms with Gasteiger partial charge in [0.1, 0.15) is 12.1 Å². The van der Waals surface area contributed by atoms with Crippen LogP contribution in [0.2, 0.25) is 0 Å². The zero-order chi connectivity index (χ0) is 16.2. The Morgan fingerprint density at radius 1 is 0.957 bits per heavy atom. The summed E-state index contributed by atoms with van der Waals surface area (Å²) in [6.07, 6.45) is 3.17. The number of hydrogen-bond donors (Lipinski definition) is 2. The minimum atomic E-state index is -0.501. The fourth-order valence-electron chi connectivity index (χ4n) is 2.95. The van der Waals surface area contributed by atoms with Crippen LogP contribution in [-0.2, 0) is 16.0 Å². The summed E-state index contributed by atoms with van der Waals surface area (Å²) in [6.45, 7) is 0. The average molecular weight is 328 g/mol. The molecule has 120 valence electrons. The Hall–Kier alpha value is -2.01. The Morgan fingerprint density at radius 2 is 1.65 bits per heavy atom. The van der Waals surface area contributed by atoms with E-state index in [0.29, 0.717) is 12.8 Å². The van der Waals surface area contributed by atoms with Crippen LogP contribution in [0.15, 0.2) is 42.5 Å². The van der Waals surface area contributed by atoms with Gasteiger partial charge in [0.15, 0.2) is 0 Å². The highest BCUT2D eigenvalue weighted by atomic mass is 32.2. The van der Waals surface area contributed by atoms with Crippen molar-refractivity contribution in [1.29, 1.82) is 0 Å². The van der Waals surface area contributed by atoms with Crippen LogP contribution in [0.1, 0.15) is 12.0 Å². The molecule has 0 bridgehead atoms. The Labute approximate surface area is 140 Å². The minimum absolute atomic E-state index is 0.0797. The normalized spacial score (nSPS) is 21.1. The monoisotopic (exact) mass is 328 g/mol. The van der Waals surface area contributed by atoms with Crippen LogP contribution in [0.25, 0.3) is 10.8 Å². The number of carbonyl (C=O) groups is 2. The number of hydrogen-bond acceptors (Lipinski definition) is 3. The molecule has 0 aliphatic carbocycles. The highest BCUT2D eigenvalue weighted by molar-refractivity contribution is 7.98. The summed E-state index contributed by atoms with van der Waals surface area (Å²) in [4.78, 5) is 24.5. The van der Waals surface area contributed by atoms with E-state index in [9.17, 15) is 9.59 Å². The number of carbonyl (C=O) groups excluding carboxylic acids is 2. The molecule has 0 unspecified atom stereocenters. The van der Waals surface area contributed by atoms with Gasteiger partial charge in [-0.3, -0.25) is 9.59 Å². The molecule has 0 spiro atoms. The molecular weight excluding hydrogens is 308 g/mol. The summed E-state index contributed by atoms with van der Waals surface area (Å²) in [5.74, 6) is 0.680. The Bertz CT molecular complexity index is 727. The second-order valence-corrected chi connectivity index (χ2v) is 6.73. The first kappa shape index (κ1) is 15.9. The predicted molar refractivity (Wildman–Crippen MR) is 94.5 cm³/mol. The van der Waals surface area contributed by atoms with E-state index in [1.807, 2.05) is 30.5 Å². The Kier molecular flexibility index (Phi) is 4.86. The lowest BCUT2D eigenvalue weighted by Gasteiger charge is -2.29. The molecule has 1 fully saturated rings. The van der Waals surface area contributed by atoms with Crippen molar-refractivity contribution in [2.24, 2.45) is 0 Å². The maximum Gasteiger partial charge on any atom is 0.243 e.